The molecule has 0 saturated heterocycles. The van der Waals surface area contributed by atoms with Crippen LogP contribution in [-0.2, 0) is 6.54 Å². The van der Waals surface area contributed by atoms with Gasteiger partial charge >= 0.3 is 0 Å². The highest BCUT2D eigenvalue weighted by Gasteiger charge is 2.18. The van der Waals surface area contributed by atoms with Crippen molar-refractivity contribution in [2.45, 2.75) is 6.54 Å². The van der Waals surface area contributed by atoms with E-state index in [1.807, 2.05) is 60.7 Å². The molecule has 0 unspecified atom stereocenters. The Hall–Kier alpha value is -4.17. The highest BCUT2D eigenvalue weighted by molar-refractivity contribution is 6.08. The number of nitrogens with one attached hydrogen (secondary N) is 1. The topological polar surface area (TPSA) is 70.7 Å². The van der Waals surface area contributed by atoms with Crippen molar-refractivity contribution in [3.05, 3.63) is 108 Å². The van der Waals surface area contributed by atoms with E-state index in [1.54, 1.807) is 35.1 Å². The molecule has 1 amide bonds. The molecule has 0 bridgehead atoms. The van der Waals surface area contributed by atoms with Crippen molar-refractivity contribution in [1.82, 2.24) is 9.78 Å². The highest BCUT2D eigenvalue weighted by Crippen LogP contribution is 2.23. The van der Waals surface area contributed by atoms with Crippen LogP contribution in [0.2, 0.25) is 0 Å². The summed E-state index contributed by atoms with van der Waals surface area (Å²) in [4.78, 5) is 13.0. The number of nitriles is 1. The van der Waals surface area contributed by atoms with Crippen molar-refractivity contribution >= 4 is 11.6 Å². The normalized spacial score (nSPS) is 10.3. The van der Waals surface area contributed by atoms with Crippen LogP contribution in [0.3, 0.4) is 0 Å². The zero-order chi connectivity index (χ0) is 20.1. The molecular formula is C24H18N4O. The summed E-state index contributed by atoms with van der Waals surface area (Å²) in [5, 5.41) is 16.6. The molecule has 5 nitrogen and oxygen atoms in total. The molecule has 0 radical (unpaired) electrons. The molecule has 0 aliphatic heterocycles. The Morgan fingerprint density at radius 3 is 2.41 bits per heavy atom. The molecule has 3 aromatic carbocycles. The van der Waals surface area contributed by atoms with Gasteiger partial charge in [-0.15, -0.1) is 0 Å². The van der Waals surface area contributed by atoms with Crippen LogP contribution in [0.25, 0.3) is 11.3 Å². The molecule has 0 saturated carbocycles. The van der Waals surface area contributed by atoms with Crippen molar-refractivity contribution in [2.75, 3.05) is 5.32 Å². The van der Waals surface area contributed by atoms with Gasteiger partial charge in [-0.1, -0.05) is 66.7 Å². The summed E-state index contributed by atoms with van der Waals surface area (Å²) < 4.78 is 1.78. The molecule has 4 aromatic rings. The maximum absolute atomic E-state index is 13.0. The second-order valence-electron chi connectivity index (χ2n) is 6.59. The lowest BCUT2D eigenvalue weighted by Gasteiger charge is -2.05. The molecule has 29 heavy (non-hydrogen) atoms. The molecule has 140 valence electrons. The van der Waals surface area contributed by atoms with Crippen LogP contribution in [0.4, 0.5) is 5.69 Å². The van der Waals surface area contributed by atoms with Crippen LogP contribution in [0.5, 0.6) is 0 Å². The molecule has 1 N–H and O–H groups in total. The molecule has 0 spiro atoms. The molecule has 1 heterocycles. The standard InChI is InChI=1S/C24H18N4O/c25-15-19-10-7-13-21(14-19)26-24(29)22-17-28(16-18-8-3-1-4-9-18)27-23(22)20-11-5-2-6-12-20/h1-14,17H,16H2,(H,26,29). The largest absolute Gasteiger partial charge is 0.322 e. The zero-order valence-corrected chi connectivity index (χ0v) is 15.6. The summed E-state index contributed by atoms with van der Waals surface area (Å²) in [6, 6.07) is 28.5. The van der Waals surface area contributed by atoms with Gasteiger partial charge in [-0.25, -0.2) is 0 Å². The van der Waals surface area contributed by atoms with Gasteiger partial charge in [0.05, 0.1) is 23.7 Å². The first-order valence-corrected chi connectivity index (χ1v) is 9.21. The van der Waals surface area contributed by atoms with Crippen LogP contribution in [0.15, 0.2) is 91.1 Å². The Bertz CT molecular complexity index is 1170. The third-order valence-corrected chi connectivity index (χ3v) is 4.49. The van der Waals surface area contributed by atoms with Gasteiger partial charge in [0, 0.05) is 17.4 Å². The second-order valence-corrected chi connectivity index (χ2v) is 6.59. The van der Waals surface area contributed by atoms with Crippen molar-refractivity contribution in [3.63, 3.8) is 0 Å². The van der Waals surface area contributed by atoms with Crippen molar-refractivity contribution < 1.29 is 4.79 Å². The molecule has 0 fully saturated rings. The van der Waals surface area contributed by atoms with E-state index in [4.69, 9.17) is 5.26 Å². The number of aromatic nitrogens is 2. The molecule has 4 rings (SSSR count). The number of hydrogen-bond donors (Lipinski definition) is 1. The fourth-order valence-corrected chi connectivity index (χ4v) is 3.11. The van der Waals surface area contributed by atoms with E-state index in [0.717, 1.165) is 11.1 Å². The van der Waals surface area contributed by atoms with E-state index in [0.29, 0.717) is 29.1 Å². The Kier molecular flexibility index (Phi) is 5.17. The van der Waals surface area contributed by atoms with Gasteiger partial charge in [-0.3, -0.25) is 9.48 Å². The first-order chi connectivity index (χ1) is 14.2. The predicted octanol–water partition coefficient (Wildman–Crippen LogP) is 4.72. The monoisotopic (exact) mass is 378 g/mol. The summed E-state index contributed by atoms with van der Waals surface area (Å²) >= 11 is 0. The van der Waals surface area contributed by atoms with E-state index in [9.17, 15) is 4.79 Å². The maximum Gasteiger partial charge on any atom is 0.259 e. The van der Waals surface area contributed by atoms with Crippen LogP contribution in [0, 0.1) is 11.3 Å². The third-order valence-electron chi connectivity index (χ3n) is 4.49. The lowest BCUT2D eigenvalue weighted by molar-refractivity contribution is 0.102. The first kappa shape index (κ1) is 18.2. The van der Waals surface area contributed by atoms with Gasteiger partial charge in [-0.2, -0.15) is 10.4 Å². The van der Waals surface area contributed by atoms with E-state index >= 15 is 0 Å². The Balaban J connectivity index is 1.68. The second kappa shape index (κ2) is 8.24. The van der Waals surface area contributed by atoms with Gasteiger partial charge in [0.25, 0.3) is 5.91 Å². The average molecular weight is 378 g/mol. The smallest absolute Gasteiger partial charge is 0.259 e. The van der Waals surface area contributed by atoms with Crippen molar-refractivity contribution in [1.29, 1.82) is 5.26 Å². The lowest BCUT2D eigenvalue weighted by Crippen LogP contribution is -2.12. The number of carbonyl (C=O) groups is 1. The van der Waals surface area contributed by atoms with Crippen LogP contribution < -0.4 is 5.32 Å². The minimum Gasteiger partial charge on any atom is -0.322 e. The SMILES string of the molecule is N#Cc1cccc(NC(=O)c2cn(Cc3ccccc3)nc2-c2ccccc2)c1. The van der Waals surface area contributed by atoms with Crippen LogP contribution in [0.1, 0.15) is 21.5 Å². The predicted molar refractivity (Wildman–Crippen MR) is 112 cm³/mol. The van der Waals surface area contributed by atoms with E-state index in [2.05, 4.69) is 16.5 Å². The summed E-state index contributed by atoms with van der Waals surface area (Å²) in [6.45, 7) is 0.567. The summed E-state index contributed by atoms with van der Waals surface area (Å²) in [5.41, 5.74) is 4.14. The van der Waals surface area contributed by atoms with Crippen molar-refractivity contribution in [3.8, 4) is 17.3 Å². The number of hydrogen-bond acceptors (Lipinski definition) is 3. The Labute approximate surface area is 168 Å². The number of amides is 1. The molecule has 5 heteroatoms. The highest BCUT2D eigenvalue weighted by atomic mass is 16.1. The lowest BCUT2D eigenvalue weighted by atomic mass is 10.1. The van der Waals surface area contributed by atoms with Crippen LogP contribution in [-0.4, -0.2) is 15.7 Å². The minimum atomic E-state index is -0.266. The van der Waals surface area contributed by atoms with Gasteiger partial charge in [0.15, 0.2) is 0 Å². The quantitative estimate of drug-likeness (QED) is 0.546. The van der Waals surface area contributed by atoms with Gasteiger partial charge < -0.3 is 5.32 Å². The average Bonchev–Trinajstić information content (AvgIpc) is 3.19. The zero-order valence-electron chi connectivity index (χ0n) is 15.6. The third kappa shape index (κ3) is 4.23. The maximum atomic E-state index is 13.0. The summed E-state index contributed by atoms with van der Waals surface area (Å²) in [6.07, 6.45) is 1.76. The number of carbonyl (C=O) groups excluding carboxylic acids is 1. The molecular weight excluding hydrogens is 360 g/mol. The van der Waals surface area contributed by atoms with Crippen molar-refractivity contribution in [2.24, 2.45) is 0 Å². The van der Waals surface area contributed by atoms with Gasteiger partial charge in [0.2, 0.25) is 0 Å². The summed E-state index contributed by atoms with van der Waals surface area (Å²) in [7, 11) is 0. The first-order valence-electron chi connectivity index (χ1n) is 9.21. The van der Waals surface area contributed by atoms with Crippen LogP contribution >= 0.6 is 0 Å². The molecule has 0 aliphatic carbocycles. The van der Waals surface area contributed by atoms with E-state index < -0.39 is 0 Å². The molecule has 0 atom stereocenters. The van der Waals surface area contributed by atoms with Gasteiger partial charge in [-0.05, 0) is 23.8 Å². The number of rotatable bonds is 5. The summed E-state index contributed by atoms with van der Waals surface area (Å²) in [5.74, 6) is -0.266. The van der Waals surface area contributed by atoms with E-state index in [-0.39, 0.29) is 5.91 Å². The number of benzene rings is 3. The van der Waals surface area contributed by atoms with Gasteiger partial charge in [0.1, 0.15) is 5.69 Å². The Morgan fingerprint density at radius 1 is 0.966 bits per heavy atom. The number of nitrogens with zero attached hydrogens (tertiary/aromatic N) is 3. The minimum absolute atomic E-state index is 0.266. The fourth-order valence-electron chi connectivity index (χ4n) is 3.11. The Morgan fingerprint density at radius 2 is 1.69 bits per heavy atom. The number of anilines is 1. The van der Waals surface area contributed by atoms with E-state index in [1.165, 1.54) is 0 Å². The molecule has 1 aromatic heterocycles. The fraction of sp³-hybridized carbons (Fsp3) is 0.0417. The molecule has 0 aliphatic rings.